The van der Waals surface area contributed by atoms with E-state index in [0.29, 0.717) is 20.1 Å². The first-order valence-electron chi connectivity index (χ1n) is 10.2. The van der Waals surface area contributed by atoms with Crippen LogP contribution in [0.15, 0.2) is 58.9 Å². The third kappa shape index (κ3) is 4.27. The molecular weight excluding hydrogens is 497 g/mol. The summed E-state index contributed by atoms with van der Waals surface area (Å²) in [7, 11) is 0. The van der Waals surface area contributed by atoms with Crippen LogP contribution in [0.4, 0.5) is 0 Å². The molecule has 1 atom stereocenters. The highest BCUT2D eigenvalue weighted by Crippen LogP contribution is 2.37. The molecule has 0 unspecified atom stereocenters. The van der Waals surface area contributed by atoms with Crippen molar-refractivity contribution >= 4 is 63.9 Å². The number of aromatic nitrogens is 1. The molecule has 1 aromatic heterocycles. The number of benzene rings is 2. The van der Waals surface area contributed by atoms with E-state index in [1.54, 1.807) is 61.5 Å². The normalized spacial score (nSPS) is 15.9. The van der Waals surface area contributed by atoms with Gasteiger partial charge in [-0.05, 0) is 48.4 Å². The van der Waals surface area contributed by atoms with Gasteiger partial charge in [-0.3, -0.25) is 14.2 Å². The summed E-state index contributed by atoms with van der Waals surface area (Å²) >= 11 is 13.0. The monoisotopic (exact) mass is 515 g/mol. The molecular formula is C24H19Cl2N3O4S. The number of hydrogen-bond acceptors (Lipinski definition) is 6. The molecule has 34 heavy (non-hydrogen) atoms. The molecule has 3 aromatic rings. The Bertz CT molecular complexity index is 1500. The third-order valence-corrected chi connectivity index (χ3v) is 6.89. The number of amides is 1. The maximum atomic E-state index is 13.3. The molecule has 0 spiro atoms. The fraction of sp³-hybridized carbons (Fsp3) is 0.125. The van der Waals surface area contributed by atoms with Crippen LogP contribution in [0, 0.1) is 0 Å². The highest BCUT2D eigenvalue weighted by Gasteiger charge is 2.38. The lowest BCUT2D eigenvalue weighted by Gasteiger charge is -2.26. The topological polar surface area (TPSA) is 117 Å². The van der Waals surface area contributed by atoms with Gasteiger partial charge in [0.15, 0.2) is 0 Å². The first-order valence-corrected chi connectivity index (χ1v) is 11.8. The fourth-order valence-electron chi connectivity index (χ4n) is 3.80. The number of fused-ring (bicyclic) bond motifs is 1. The summed E-state index contributed by atoms with van der Waals surface area (Å²) in [5.74, 6) is -2.58. The Morgan fingerprint density at radius 1 is 1.06 bits per heavy atom. The minimum absolute atomic E-state index is 0.0385. The van der Waals surface area contributed by atoms with E-state index < -0.39 is 23.4 Å². The van der Waals surface area contributed by atoms with Crippen molar-refractivity contribution in [2.75, 3.05) is 6.61 Å². The van der Waals surface area contributed by atoms with Crippen molar-refractivity contribution in [3.63, 3.8) is 0 Å². The number of ether oxygens (including phenoxy) is 1. The van der Waals surface area contributed by atoms with Gasteiger partial charge in [0.05, 0.1) is 28.2 Å². The lowest BCUT2D eigenvalue weighted by Crippen LogP contribution is -2.42. The van der Waals surface area contributed by atoms with Crippen molar-refractivity contribution < 1.29 is 14.3 Å². The van der Waals surface area contributed by atoms with Gasteiger partial charge < -0.3 is 16.2 Å². The molecule has 2 heterocycles. The van der Waals surface area contributed by atoms with Gasteiger partial charge in [0, 0.05) is 10.0 Å². The number of nitrogens with two attached hydrogens (primary N) is 2. The highest BCUT2D eigenvalue weighted by atomic mass is 35.5. The Hall–Kier alpha value is -3.33. The standard InChI is InChI=1S/C24H19Cl2N3O4S/c1-2-33-24(32)18-17(13-5-9-15(26)10-6-13)19(21(28)30)23-29(20(18)27)22(31)16(34-23)11-12-3-7-14(25)8-4-12/h3-11,17H,2,27H2,1H3,(H2,28,30)/b16-11+/t17-/m0/s1. The molecule has 174 valence electrons. The van der Waals surface area contributed by atoms with Crippen molar-refractivity contribution in [3.05, 3.63) is 94.8 Å². The highest BCUT2D eigenvalue weighted by molar-refractivity contribution is 7.07. The average Bonchev–Trinajstić information content (AvgIpc) is 3.11. The summed E-state index contributed by atoms with van der Waals surface area (Å²) in [4.78, 5) is 39.1. The molecule has 1 aliphatic rings. The predicted octanol–water partition coefficient (Wildman–Crippen LogP) is 2.17. The number of rotatable bonds is 5. The minimum Gasteiger partial charge on any atom is -0.463 e. The second-order valence-corrected chi connectivity index (χ2v) is 9.29. The molecule has 10 heteroatoms. The molecule has 0 saturated carbocycles. The van der Waals surface area contributed by atoms with Crippen molar-refractivity contribution in [3.8, 4) is 0 Å². The summed E-state index contributed by atoms with van der Waals surface area (Å²) in [6, 6.07) is 13.5. The molecule has 4 N–H and O–H groups in total. The van der Waals surface area contributed by atoms with Crippen molar-refractivity contribution in [2.45, 2.75) is 12.8 Å². The second-order valence-electron chi connectivity index (χ2n) is 7.39. The number of halogens is 2. The zero-order valence-electron chi connectivity index (χ0n) is 17.9. The number of carbonyl (C=O) groups excluding carboxylic acids is 2. The first kappa shape index (κ1) is 23.8. The zero-order chi connectivity index (χ0) is 24.6. The van der Waals surface area contributed by atoms with Gasteiger partial charge in [-0.15, -0.1) is 11.3 Å². The van der Waals surface area contributed by atoms with Crippen LogP contribution in [-0.2, 0) is 14.3 Å². The Kier molecular flexibility index (Phi) is 6.65. The van der Waals surface area contributed by atoms with Crippen LogP contribution in [0.2, 0.25) is 10.0 Å². The van der Waals surface area contributed by atoms with Crippen molar-refractivity contribution in [1.29, 1.82) is 0 Å². The first-order chi connectivity index (χ1) is 16.2. The molecule has 7 nitrogen and oxygen atoms in total. The Labute approximate surface area is 208 Å². The smallest absolute Gasteiger partial charge is 0.338 e. The largest absolute Gasteiger partial charge is 0.463 e. The molecule has 4 rings (SSSR count). The van der Waals surface area contributed by atoms with Crippen LogP contribution < -0.4 is 26.2 Å². The van der Waals surface area contributed by atoms with E-state index in [4.69, 9.17) is 39.4 Å². The van der Waals surface area contributed by atoms with Crippen LogP contribution in [0.3, 0.4) is 0 Å². The maximum absolute atomic E-state index is 13.3. The van der Waals surface area contributed by atoms with E-state index >= 15 is 0 Å². The maximum Gasteiger partial charge on any atom is 0.338 e. The molecule has 0 radical (unpaired) electrons. The van der Waals surface area contributed by atoms with E-state index in [9.17, 15) is 14.4 Å². The average molecular weight is 516 g/mol. The molecule has 1 amide bonds. The van der Waals surface area contributed by atoms with Crippen LogP contribution in [0.5, 0.6) is 0 Å². The second kappa shape index (κ2) is 9.50. The van der Waals surface area contributed by atoms with E-state index in [0.717, 1.165) is 21.5 Å². The summed E-state index contributed by atoms with van der Waals surface area (Å²) in [6.07, 6.45) is 1.65. The number of primary amides is 1. The lowest BCUT2D eigenvalue weighted by atomic mass is 9.83. The van der Waals surface area contributed by atoms with Gasteiger partial charge in [0.1, 0.15) is 10.5 Å². The van der Waals surface area contributed by atoms with Crippen LogP contribution >= 0.6 is 34.5 Å². The predicted molar refractivity (Wildman–Crippen MR) is 134 cm³/mol. The zero-order valence-corrected chi connectivity index (χ0v) is 20.2. The summed E-state index contributed by atoms with van der Waals surface area (Å²) in [5.41, 5.74) is 13.0. The van der Waals surface area contributed by atoms with E-state index in [2.05, 4.69) is 0 Å². The molecule has 0 fully saturated rings. The van der Waals surface area contributed by atoms with Gasteiger partial charge in [-0.1, -0.05) is 47.5 Å². The summed E-state index contributed by atoms with van der Waals surface area (Å²) in [5, 5.41) is 1.03. The number of carbonyl (C=O) groups is 2. The Balaban J connectivity index is 2.08. The van der Waals surface area contributed by atoms with Gasteiger partial charge in [-0.2, -0.15) is 0 Å². The Morgan fingerprint density at radius 2 is 1.65 bits per heavy atom. The van der Waals surface area contributed by atoms with E-state index in [-0.39, 0.29) is 28.2 Å². The molecule has 0 bridgehead atoms. The van der Waals surface area contributed by atoms with Gasteiger partial charge in [-0.25, -0.2) is 4.79 Å². The molecule has 2 aromatic carbocycles. The quantitative estimate of drug-likeness (QED) is 0.505. The van der Waals surface area contributed by atoms with Crippen LogP contribution in [0.25, 0.3) is 17.5 Å². The fourth-order valence-corrected chi connectivity index (χ4v) is 5.23. The van der Waals surface area contributed by atoms with Gasteiger partial charge in [0.25, 0.3) is 5.56 Å². The number of thiazole rings is 1. The van der Waals surface area contributed by atoms with Crippen LogP contribution in [0.1, 0.15) is 24.0 Å². The number of esters is 1. The molecule has 1 aliphatic heterocycles. The number of nitrogens with zero attached hydrogens (tertiary/aromatic N) is 1. The molecule has 0 aliphatic carbocycles. The van der Waals surface area contributed by atoms with Gasteiger partial charge >= 0.3 is 5.97 Å². The van der Waals surface area contributed by atoms with E-state index in [1.807, 2.05) is 0 Å². The number of hydrogen-bond donors (Lipinski definition) is 2. The summed E-state index contributed by atoms with van der Waals surface area (Å²) in [6.45, 7) is 1.73. The Morgan fingerprint density at radius 3 is 2.21 bits per heavy atom. The van der Waals surface area contributed by atoms with Crippen molar-refractivity contribution in [1.82, 2.24) is 4.57 Å². The lowest BCUT2D eigenvalue weighted by molar-refractivity contribution is -0.138. The van der Waals surface area contributed by atoms with E-state index in [1.165, 1.54) is 0 Å². The minimum atomic E-state index is -0.935. The molecule has 0 saturated heterocycles. The summed E-state index contributed by atoms with van der Waals surface area (Å²) < 4.78 is 6.92. The van der Waals surface area contributed by atoms with Crippen molar-refractivity contribution in [2.24, 2.45) is 11.5 Å². The van der Waals surface area contributed by atoms with Gasteiger partial charge in [0.2, 0.25) is 5.91 Å². The SMILES string of the molecule is CCOC(=O)C1=C(N)n2c(s/c(=C/c3ccc(Cl)cc3)c2=O)=C(C(N)=O)[C@H]1c1ccc(Cl)cc1. The van der Waals surface area contributed by atoms with Crippen LogP contribution in [-0.4, -0.2) is 23.1 Å². The third-order valence-electron chi connectivity index (χ3n) is 5.28.